The molecule has 3 N–H and O–H groups in total. The molecule has 1 aliphatic heterocycles. The molecule has 3 rings (SSSR count). The number of nitrogens with one attached hydrogen (secondary N) is 1. The quantitative estimate of drug-likeness (QED) is 0.716. The maximum atomic E-state index is 5.86. The van der Waals surface area contributed by atoms with Gasteiger partial charge in [-0.3, -0.25) is 0 Å². The second kappa shape index (κ2) is 3.79. The molecular weight excluding hydrogens is 202 g/mol. The number of nitrogen functional groups attached to an aromatic ring is 1. The summed E-state index contributed by atoms with van der Waals surface area (Å²) in [4.78, 5) is 4.50. The Bertz CT molecular complexity index is 500. The minimum Gasteiger partial charge on any atom is -0.440 e. The van der Waals surface area contributed by atoms with E-state index in [0.29, 0.717) is 11.6 Å². The van der Waals surface area contributed by atoms with E-state index in [4.69, 9.17) is 10.2 Å². The van der Waals surface area contributed by atoms with E-state index in [1.54, 1.807) is 0 Å². The summed E-state index contributed by atoms with van der Waals surface area (Å²) >= 11 is 0. The molecule has 0 saturated carbocycles. The van der Waals surface area contributed by atoms with Crippen molar-refractivity contribution >= 4 is 16.8 Å². The molecule has 1 aromatic heterocycles. The molecule has 4 heteroatoms. The van der Waals surface area contributed by atoms with E-state index >= 15 is 0 Å². The van der Waals surface area contributed by atoms with Gasteiger partial charge >= 0.3 is 0 Å². The van der Waals surface area contributed by atoms with Crippen molar-refractivity contribution in [3.63, 3.8) is 0 Å². The average Bonchev–Trinajstić information content (AvgIpc) is 2.76. The van der Waals surface area contributed by atoms with Crippen LogP contribution in [0.2, 0.25) is 0 Å². The van der Waals surface area contributed by atoms with E-state index in [1.165, 1.54) is 6.42 Å². The van der Waals surface area contributed by atoms with Crippen LogP contribution in [0.15, 0.2) is 22.6 Å². The fourth-order valence-electron chi connectivity index (χ4n) is 2.22. The molecule has 2 aromatic rings. The molecule has 4 nitrogen and oxygen atoms in total. The maximum Gasteiger partial charge on any atom is 0.199 e. The normalized spacial score (nSPS) is 21.4. The molecule has 0 spiro atoms. The summed E-state index contributed by atoms with van der Waals surface area (Å²) in [7, 11) is 0. The lowest BCUT2D eigenvalue weighted by molar-refractivity contribution is 0.387. The number of piperidine rings is 1. The Morgan fingerprint density at radius 1 is 1.44 bits per heavy atom. The number of benzene rings is 1. The molecule has 0 radical (unpaired) electrons. The predicted octanol–water partition coefficient (Wildman–Crippen LogP) is 1.88. The molecule has 0 aliphatic carbocycles. The summed E-state index contributed by atoms with van der Waals surface area (Å²) < 4.78 is 5.76. The number of rotatable bonds is 1. The Hall–Kier alpha value is -1.55. The standard InChI is InChI=1S/C12H15N3O/c13-9-4-1-5-10-11(9)15-12(16-10)8-3-2-6-14-7-8/h1,4-5,8,14H,2-3,6-7,13H2. The molecule has 2 heterocycles. The van der Waals surface area contributed by atoms with Gasteiger partial charge in [-0.1, -0.05) is 6.07 Å². The minimum atomic E-state index is 0.389. The van der Waals surface area contributed by atoms with Crippen LogP contribution in [-0.4, -0.2) is 18.1 Å². The Balaban J connectivity index is 2.01. The molecule has 1 fully saturated rings. The third-order valence-corrected chi connectivity index (χ3v) is 3.11. The predicted molar refractivity (Wildman–Crippen MR) is 63.3 cm³/mol. The zero-order valence-corrected chi connectivity index (χ0v) is 9.07. The fourth-order valence-corrected chi connectivity index (χ4v) is 2.22. The van der Waals surface area contributed by atoms with Gasteiger partial charge in [-0.05, 0) is 31.5 Å². The topological polar surface area (TPSA) is 64.1 Å². The van der Waals surface area contributed by atoms with Gasteiger partial charge in [-0.15, -0.1) is 0 Å². The summed E-state index contributed by atoms with van der Waals surface area (Å²) in [5.41, 5.74) is 8.14. The molecule has 0 amide bonds. The molecular formula is C12H15N3O. The highest BCUT2D eigenvalue weighted by Crippen LogP contribution is 2.28. The number of anilines is 1. The summed E-state index contributed by atoms with van der Waals surface area (Å²) in [6.45, 7) is 2.05. The van der Waals surface area contributed by atoms with Crippen molar-refractivity contribution in [1.29, 1.82) is 0 Å². The SMILES string of the molecule is Nc1cccc2oc(C3CCCNC3)nc12. The van der Waals surface area contributed by atoms with Crippen molar-refractivity contribution < 1.29 is 4.42 Å². The van der Waals surface area contributed by atoms with E-state index in [-0.39, 0.29) is 0 Å². The van der Waals surface area contributed by atoms with Crippen molar-refractivity contribution in [2.24, 2.45) is 0 Å². The summed E-state index contributed by atoms with van der Waals surface area (Å²) in [5, 5.41) is 3.36. The summed E-state index contributed by atoms with van der Waals surface area (Å²) in [6.07, 6.45) is 2.32. The van der Waals surface area contributed by atoms with Gasteiger partial charge in [0.15, 0.2) is 11.5 Å². The van der Waals surface area contributed by atoms with Crippen molar-refractivity contribution in [3.05, 3.63) is 24.1 Å². The van der Waals surface area contributed by atoms with E-state index < -0.39 is 0 Å². The highest BCUT2D eigenvalue weighted by molar-refractivity contribution is 5.85. The maximum absolute atomic E-state index is 5.86. The van der Waals surface area contributed by atoms with Crippen molar-refractivity contribution in [3.8, 4) is 0 Å². The lowest BCUT2D eigenvalue weighted by Crippen LogP contribution is -2.28. The number of fused-ring (bicyclic) bond motifs is 1. The van der Waals surface area contributed by atoms with Crippen LogP contribution >= 0.6 is 0 Å². The van der Waals surface area contributed by atoms with Crippen LogP contribution in [0.1, 0.15) is 24.7 Å². The number of nitrogens with zero attached hydrogens (tertiary/aromatic N) is 1. The zero-order chi connectivity index (χ0) is 11.0. The number of nitrogens with two attached hydrogens (primary N) is 1. The van der Waals surface area contributed by atoms with Gasteiger partial charge in [0, 0.05) is 12.5 Å². The first kappa shape index (κ1) is 9.66. The fraction of sp³-hybridized carbons (Fsp3) is 0.417. The van der Waals surface area contributed by atoms with Crippen LogP contribution in [0, 0.1) is 0 Å². The molecule has 0 bridgehead atoms. The average molecular weight is 217 g/mol. The van der Waals surface area contributed by atoms with Crippen LogP contribution in [0.3, 0.4) is 0 Å². The second-order valence-electron chi connectivity index (χ2n) is 4.29. The molecule has 1 unspecified atom stereocenters. The number of hydrogen-bond acceptors (Lipinski definition) is 4. The molecule has 1 atom stereocenters. The van der Waals surface area contributed by atoms with Crippen LogP contribution in [0.5, 0.6) is 0 Å². The Kier molecular flexibility index (Phi) is 2.29. The molecule has 1 aromatic carbocycles. The number of aromatic nitrogens is 1. The van der Waals surface area contributed by atoms with E-state index in [0.717, 1.165) is 36.5 Å². The minimum absolute atomic E-state index is 0.389. The van der Waals surface area contributed by atoms with E-state index in [1.807, 2.05) is 18.2 Å². The Labute approximate surface area is 93.8 Å². The van der Waals surface area contributed by atoms with Crippen molar-refractivity contribution in [2.75, 3.05) is 18.8 Å². The molecule has 1 aliphatic rings. The highest BCUT2D eigenvalue weighted by atomic mass is 16.3. The number of oxazole rings is 1. The van der Waals surface area contributed by atoms with Crippen LogP contribution in [0.25, 0.3) is 11.1 Å². The smallest absolute Gasteiger partial charge is 0.199 e. The van der Waals surface area contributed by atoms with Gasteiger partial charge in [0.05, 0.1) is 5.69 Å². The van der Waals surface area contributed by atoms with Crippen molar-refractivity contribution in [1.82, 2.24) is 10.3 Å². The highest BCUT2D eigenvalue weighted by Gasteiger charge is 2.20. The largest absolute Gasteiger partial charge is 0.440 e. The Morgan fingerprint density at radius 3 is 3.12 bits per heavy atom. The van der Waals surface area contributed by atoms with Gasteiger partial charge in [-0.25, -0.2) is 4.98 Å². The van der Waals surface area contributed by atoms with Crippen molar-refractivity contribution in [2.45, 2.75) is 18.8 Å². The number of para-hydroxylation sites is 1. The second-order valence-corrected chi connectivity index (χ2v) is 4.29. The summed E-state index contributed by atoms with van der Waals surface area (Å²) in [5.74, 6) is 1.21. The molecule has 1 saturated heterocycles. The van der Waals surface area contributed by atoms with Gasteiger partial charge in [0.1, 0.15) is 5.52 Å². The first-order valence-electron chi connectivity index (χ1n) is 5.70. The summed E-state index contributed by atoms with van der Waals surface area (Å²) in [6, 6.07) is 5.66. The van der Waals surface area contributed by atoms with Crippen LogP contribution in [0.4, 0.5) is 5.69 Å². The van der Waals surface area contributed by atoms with Crippen LogP contribution < -0.4 is 11.1 Å². The van der Waals surface area contributed by atoms with Crippen LogP contribution in [-0.2, 0) is 0 Å². The molecule has 84 valence electrons. The lowest BCUT2D eigenvalue weighted by atomic mass is 10.00. The van der Waals surface area contributed by atoms with E-state index in [9.17, 15) is 0 Å². The van der Waals surface area contributed by atoms with Gasteiger partial charge in [0.25, 0.3) is 0 Å². The first-order valence-corrected chi connectivity index (χ1v) is 5.70. The van der Waals surface area contributed by atoms with Gasteiger partial charge in [-0.2, -0.15) is 0 Å². The lowest BCUT2D eigenvalue weighted by Gasteiger charge is -2.19. The van der Waals surface area contributed by atoms with E-state index in [2.05, 4.69) is 10.3 Å². The zero-order valence-electron chi connectivity index (χ0n) is 9.07. The Morgan fingerprint density at radius 2 is 2.38 bits per heavy atom. The van der Waals surface area contributed by atoms with Gasteiger partial charge in [0.2, 0.25) is 0 Å². The number of hydrogen-bond donors (Lipinski definition) is 2. The third-order valence-electron chi connectivity index (χ3n) is 3.11. The first-order chi connectivity index (χ1) is 7.84. The third kappa shape index (κ3) is 1.55. The monoisotopic (exact) mass is 217 g/mol. The molecule has 16 heavy (non-hydrogen) atoms. The van der Waals surface area contributed by atoms with Gasteiger partial charge < -0.3 is 15.5 Å².